The first-order valence-corrected chi connectivity index (χ1v) is 9.12. The summed E-state index contributed by atoms with van der Waals surface area (Å²) in [6, 6.07) is 8.64. The zero-order valence-corrected chi connectivity index (χ0v) is 13.5. The van der Waals surface area contributed by atoms with Crippen LogP contribution in [0.4, 0.5) is 0 Å². The third-order valence-electron chi connectivity index (χ3n) is 4.10. The van der Waals surface area contributed by atoms with E-state index in [-0.39, 0.29) is 17.2 Å². The van der Waals surface area contributed by atoms with E-state index in [9.17, 15) is 8.42 Å². The first kappa shape index (κ1) is 15.5. The van der Waals surface area contributed by atoms with E-state index in [0.717, 1.165) is 19.4 Å². The number of sulfone groups is 1. The van der Waals surface area contributed by atoms with Crippen LogP contribution >= 0.6 is 0 Å². The third-order valence-corrected chi connectivity index (χ3v) is 5.92. The predicted octanol–water partition coefficient (Wildman–Crippen LogP) is 2.44. The topological polar surface area (TPSA) is 46.2 Å². The summed E-state index contributed by atoms with van der Waals surface area (Å²) < 4.78 is 23.3. The van der Waals surface area contributed by atoms with E-state index >= 15 is 0 Å². The SMILES string of the molecule is Cc1cccc(C(C)(C)CNC2CCCS(=O)(=O)C2)c1. The van der Waals surface area contributed by atoms with Crippen LogP contribution in [0.2, 0.25) is 0 Å². The van der Waals surface area contributed by atoms with Crippen molar-refractivity contribution >= 4 is 9.84 Å². The molecule has 1 saturated heterocycles. The molecule has 1 unspecified atom stereocenters. The number of rotatable bonds is 4. The van der Waals surface area contributed by atoms with Crippen LogP contribution in [0.25, 0.3) is 0 Å². The first-order valence-electron chi connectivity index (χ1n) is 7.29. The van der Waals surface area contributed by atoms with Crippen molar-refractivity contribution in [2.75, 3.05) is 18.1 Å². The molecule has 1 fully saturated rings. The Balaban J connectivity index is 1.99. The van der Waals surface area contributed by atoms with Crippen molar-refractivity contribution < 1.29 is 8.42 Å². The van der Waals surface area contributed by atoms with E-state index in [1.54, 1.807) is 0 Å². The molecule has 0 aromatic heterocycles. The van der Waals surface area contributed by atoms with Crippen molar-refractivity contribution in [3.63, 3.8) is 0 Å². The van der Waals surface area contributed by atoms with Gasteiger partial charge < -0.3 is 5.32 Å². The van der Waals surface area contributed by atoms with Gasteiger partial charge in [-0.1, -0.05) is 43.7 Å². The highest BCUT2D eigenvalue weighted by Gasteiger charge is 2.27. The Morgan fingerprint density at radius 3 is 2.75 bits per heavy atom. The normalized spacial score (nSPS) is 22.6. The molecule has 1 heterocycles. The molecule has 0 spiro atoms. The van der Waals surface area contributed by atoms with Gasteiger partial charge >= 0.3 is 0 Å². The Labute approximate surface area is 122 Å². The maximum atomic E-state index is 11.7. The van der Waals surface area contributed by atoms with Crippen LogP contribution < -0.4 is 5.32 Å². The quantitative estimate of drug-likeness (QED) is 0.928. The second-order valence-corrected chi connectivity index (χ2v) is 8.82. The molecule has 3 nitrogen and oxygen atoms in total. The van der Waals surface area contributed by atoms with E-state index in [0.29, 0.717) is 5.75 Å². The number of hydrogen-bond acceptors (Lipinski definition) is 3. The number of hydrogen-bond donors (Lipinski definition) is 1. The van der Waals surface area contributed by atoms with Gasteiger partial charge in [0.25, 0.3) is 0 Å². The van der Waals surface area contributed by atoms with Gasteiger partial charge in [-0.3, -0.25) is 0 Å². The molecule has 1 atom stereocenters. The molecule has 0 aliphatic carbocycles. The molecule has 1 N–H and O–H groups in total. The molecule has 0 amide bonds. The maximum Gasteiger partial charge on any atom is 0.151 e. The highest BCUT2D eigenvalue weighted by molar-refractivity contribution is 7.91. The Morgan fingerprint density at radius 1 is 1.35 bits per heavy atom. The van der Waals surface area contributed by atoms with Crippen LogP contribution in [0, 0.1) is 6.92 Å². The van der Waals surface area contributed by atoms with Crippen LogP contribution in [0.15, 0.2) is 24.3 Å². The molecule has 1 aromatic rings. The average Bonchev–Trinajstić information content (AvgIpc) is 2.35. The highest BCUT2D eigenvalue weighted by Crippen LogP contribution is 2.24. The first-order chi connectivity index (χ1) is 9.28. The smallest absolute Gasteiger partial charge is 0.151 e. The standard InChI is InChI=1S/C16H25NO2S/c1-13-6-4-7-14(10-13)16(2,3)12-17-15-8-5-9-20(18,19)11-15/h4,6-7,10,15,17H,5,8-9,11-12H2,1-3H3. The van der Waals surface area contributed by atoms with E-state index in [2.05, 4.69) is 50.4 Å². The summed E-state index contributed by atoms with van der Waals surface area (Å²) in [4.78, 5) is 0. The fourth-order valence-electron chi connectivity index (χ4n) is 2.75. The lowest BCUT2D eigenvalue weighted by atomic mass is 9.83. The van der Waals surface area contributed by atoms with E-state index in [1.807, 2.05) is 0 Å². The Kier molecular flexibility index (Phi) is 4.55. The van der Waals surface area contributed by atoms with Crippen LogP contribution in [0.1, 0.15) is 37.8 Å². The third kappa shape index (κ3) is 4.06. The summed E-state index contributed by atoms with van der Waals surface area (Å²) >= 11 is 0. The van der Waals surface area contributed by atoms with Crippen LogP contribution in [0.5, 0.6) is 0 Å². The molecule has 1 aromatic carbocycles. The molecule has 112 valence electrons. The minimum absolute atomic E-state index is 0.00717. The largest absolute Gasteiger partial charge is 0.312 e. The molecule has 1 aliphatic rings. The lowest BCUT2D eigenvalue weighted by molar-refractivity contribution is 0.408. The van der Waals surface area contributed by atoms with Gasteiger partial charge in [-0.15, -0.1) is 0 Å². The number of benzene rings is 1. The summed E-state index contributed by atoms with van der Waals surface area (Å²) in [7, 11) is -2.83. The number of nitrogens with one attached hydrogen (secondary N) is 1. The Hall–Kier alpha value is -0.870. The van der Waals surface area contributed by atoms with Gasteiger partial charge in [0.05, 0.1) is 11.5 Å². The van der Waals surface area contributed by atoms with Crippen molar-refractivity contribution in [1.82, 2.24) is 5.32 Å². The fraction of sp³-hybridized carbons (Fsp3) is 0.625. The molecular formula is C16H25NO2S. The van der Waals surface area contributed by atoms with Crippen molar-refractivity contribution in [1.29, 1.82) is 0 Å². The van der Waals surface area contributed by atoms with E-state index in [1.165, 1.54) is 11.1 Å². The van der Waals surface area contributed by atoms with Crippen LogP contribution in [-0.4, -0.2) is 32.5 Å². The van der Waals surface area contributed by atoms with Gasteiger partial charge in [-0.25, -0.2) is 8.42 Å². The Morgan fingerprint density at radius 2 is 2.10 bits per heavy atom. The highest BCUT2D eigenvalue weighted by atomic mass is 32.2. The monoisotopic (exact) mass is 295 g/mol. The summed E-state index contributed by atoms with van der Waals surface area (Å²) in [5.74, 6) is 0.642. The van der Waals surface area contributed by atoms with Gasteiger partial charge in [0.15, 0.2) is 9.84 Å². The van der Waals surface area contributed by atoms with Gasteiger partial charge in [-0.05, 0) is 25.3 Å². The number of aryl methyl sites for hydroxylation is 1. The molecule has 0 bridgehead atoms. The van der Waals surface area contributed by atoms with Crippen molar-refractivity contribution in [2.24, 2.45) is 0 Å². The van der Waals surface area contributed by atoms with Gasteiger partial charge in [0.2, 0.25) is 0 Å². The minimum atomic E-state index is -2.83. The zero-order valence-electron chi connectivity index (χ0n) is 12.6. The lowest BCUT2D eigenvalue weighted by Gasteiger charge is -2.30. The molecule has 4 heteroatoms. The molecular weight excluding hydrogens is 270 g/mol. The summed E-state index contributed by atoms with van der Waals surface area (Å²) in [6.07, 6.45) is 1.74. The summed E-state index contributed by atoms with van der Waals surface area (Å²) in [6.45, 7) is 7.30. The Bertz CT molecular complexity index is 564. The van der Waals surface area contributed by atoms with Gasteiger partial charge in [0.1, 0.15) is 0 Å². The second kappa shape index (κ2) is 5.86. The zero-order chi connectivity index (χ0) is 14.8. The second-order valence-electron chi connectivity index (χ2n) is 6.59. The molecule has 1 aliphatic heterocycles. The van der Waals surface area contributed by atoms with Gasteiger partial charge in [-0.2, -0.15) is 0 Å². The summed E-state index contributed by atoms with van der Waals surface area (Å²) in [5, 5.41) is 3.46. The van der Waals surface area contributed by atoms with Crippen molar-refractivity contribution in [3.05, 3.63) is 35.4 Å². The van der Waals surface area contributed by atoms with Gasteiger partial charge in [0, 0.05) is 18.0 Å². The van der Waals surface area contributed by atoms with E-state index in [4.69, 9.17) is 0 Å². The van der Waals surface area contributed by atoms with E-state index < -0.39 is 9.84 Å². The van der Waals surface area contributed by atoms with Crippen molar-refractivity contribution in [3.8, 4) is 0 Å². The molecule has 0 radical (unpaired) electrons. The summed E-state index contributed by atoms with van der Waals surface area (Å²) in [5.41, 5.74) is 2.56. The van der Waals surface area contributed by atoms with Crippen LogP contribution in [0.3, 0.4) is 0 Å². The maximum absolute atomic E-state index is 11.7. The van der Waals surface area contributed by atoms with Crippen molar-refractivity contribution in [2.45, 2.75) is 45.1 Å². The lowest BCUT2D eigenvalue weighted by Crippen LogP contribution is -2.45. The van der Waals surface area contributed by atoms with Crippen LogP contribution in [-0.2, 0) is 15.3 Å². The average molecular weight is 295 g/mol. The predicted molar refractivity (Wildman–Crippen MR) is 83.9 cm³/mol. The molecule has 0 saturated carbocycles. The molecule has 20 heavy (non-hydrogen) atoms. The minimum Gasteiger partial charge on any atom is -0.312 e. The molecule has 2 rings (SSSR count). The fourth-order valence-corrected chi connectivity index (χ4v) is 4.42.